The van der Waals surface area contributed by atoms with Crippen LogP contribution in [0.4, 0.5) is 8.78 Å². The van der Waals surface area contributed by atoms with E-state index in [-0.39, 0.29) is 22.3 Å². The molecule has 0 saturated heterocycles. The van der Waals surface area contributed by atoms with Crippen molar-refractivity contribution in [1.82, 2.24) is 0 Å². The molecule has 2 aromatic carbocycles. The summed E-state index contributed by atoms with van der Waals surface area (Å²) >= 11 is 0. The Morgan fingerprint density at radius 2 is 1.55 bits per heavy atom. The number of halogens is 2. The molecule has 1 atom stereocenters. The van der Waals surface area contributed by atoms with Crippen LogP contribution < -0.4 is 5.73 Å². The topological polar surface area (TPSA) is 89.6 Å². The Morgan fingerprint density at radius 3 is 2.00 bits per heavy atom. The Labute approximate surface area is 194 Å². The maximum atomic E-state index is 15.8. The number of benzene rings is 2. The van der Waals surface area contributed by atoms with Crippen LogP contribution in [0.15, 0.2) is 54.6 Å². The van der Waals surface area contributed by atoms with E-state index in [4.69, 9.17) is 10.2 Å². The van der Waals surface area contributed by atoms with E-state index >= 15 is 8.78 Å². The van der Waals surface area contributed by atoms with Crippen LogP contribution in [0.1, 0.15) is 65.6 Å². The molecule has 0 aliphatic heterocycles. The molecule has 0 radical (unpaired) electrons. The number of hydrogen-bond acceptors (Lipinski definition) is 3. The summed E-state index contributed by atoms with van der Waals surface area (Å²) in [5.41, 5.74) is 6.31. The lowest BCUT2D eigenvalue weighted by Crippen LogP contribution is -2.42. The van der Waals surface area contributed by atoms with Crippen molar-refractivity contribution >= 4 is 25.8 Å². The zero-order valence-electron chi connectivity index (χ0n) is 19.4. The van der Waals surface area contributed by atoms with E-state index in [1.54, 1.807) is 18.2 Å². The molecule has 1 amide bonds. The third-order valence-electron chi connectivity index (χ3n) is 6.14. The number of alkyl halides is 2. The molecule has 2 aromatic rings. The lowest BCUT2D eigenvalue weighted by molar-refractivity contribution is -0.0630. The van der Waals surface area contributed by atoms with Crippen molar-refractivity contribution < 1.29 is 27.9 Å². The predicted octanol–water partition coefficient (Wildman–Crippen LogP) is 6.29. The van der Waals surface area contributed by atoms with Crippen LogP contribution in [0, 0.1) is 0 Å². The van der Waals surface area contributed by atoms with Crippen LogP contribution in [-0.4, -0.2) is 31.2 Å². The Hall–Kier alpha value is -2.84. The lowest BCUT2D eigenvalue weighted by atomic mass is 9.95. The first kappa shape index (κ1) is 26.4. The Kier molecular flexibility index (Phi) is 8.68. The van der Waals surface area contributed by atoms with E-state index in [2.05, 4.69) is 0 Å². The SMILES string of the molecule is CC[Si](CC)(CC)OC(c1ccc(C(=O)O)cc1)C(F)(F)C=C(C)c1ccccc1C(N)=O. The second-order valence-electron chi connectivity index (χ2n) is 8.08. The molecule has 178 valence electrons. The standard InChI is InChI=1S/C25H31F2NO4Si/c1-5-33(6-2,7-3)32-22(18-12-14-19(15-13-18)24(30)31)25(26,27)16-17(4)20-10-8-9-11-21(20)23(28)29/h8-16,22H,5-7H2,1-4H3,(H2,28,29)(H,30,31). The highest BCUT2D eigenvalue weighted by molar-refractivity contribution is 6.73. The molecule has 0 fully saturated rings. The number of rotatable bonds is 11. The van der Waals surface area contributed by atoms with E-state index in [1.165, 1.54) is 37.3 Å². The number of carbonyl (C=O) groups is 2. The largest absolute Gasteiger partial charge is 0.478 e. The van der Waals surface area contributed by atoms with Gasteiger partial charge in [0.25, 0.3) is 5.92 Å². The van der Waals surface area contributed by atoms with Gasteiger partial charge in [-0.05, 0) is 66.0 Å². The lowest BCUT2D eigenvalue weighted by Gasteiger charge is -2.36. The van der Waals surface area contributed by atoms with Crippen molar-refractivity contribution in [3.63, 3.8) is 0 Å². The first-order valence-electron chi connectivity index (χ1n) is 11.0. The number of carbonyl (C=O) groups excluding carboxylic acids is 1. The molecule has 0 aromatic heterocycles. The van der Waals surface area contributed by atoms with Crippen molar-refractivity contribution in [2.24, 2.45) is 5.73 Å². The summed E-state index contributed by atoms with van der Waals surface area (Å²) in [5.74, 6) is -5.27. The van der Waals surface area contributed by atoms with Gasteiger partial charge in [-0.15, -0.1) is 0 Å². The van der Waals surface area contributed by atoms with Gasteiger partial charge in [-0.3, -0.25) is 4.79 Å². The second-order valence-corrected chi connectivity index (χ2v) is 12.8. The Bertz CT molecular complexity index is 1010. The second kappa shape index (κ2) is 10.9. The minimum absolute atomic E-state index is 0.00732. The molecule has 0 aliphatic rings. The van der Waals surface area contributed by atoms with Crippen LogP contribution in [-0.2, 0) is 4.43 Å². The van der Waals surface area contributed by atoms with Crippen molar-refractivity contribution in [2.75, 3.05) is 0 Å². The fourth-order valence-corrected chi connectivity index (χ4v) is 6.70. The normalized spacial score (nSPS) is 13.6. The number of nitrogens with two attached hydrogens (primary N) is 1. The predicted molar refractivity (Wildman–Crippen MR) is 128 cm³/mol. The van der Waals surface area contributed by atoms with Crippen LogP contribution in [0.25, 0.3) is 5.57 Å². The summed E-state index contributed by atoms with van der Waals surface area (Å²) in [7, 11) is -2.47. The van der Waals surface area contributed by atoms with E-state index in [0.717, 1.165) is 6.08 Å². The van der Waals surface area contributed by atoms with Crippen molar-refractivity contribution in [1.29, 1.82) is 0 Å². The molecular weight excluding hydrogens is 444 g/mol. The highest BCUT2D eigenvalue weighted by atomic mass is 28.4. The van der Waals surface area contributed by atoms with Crippen LogP contribution in [0.2, 0.25) is 18.1 Å². The van der Waals surface area contributed by atoms with Crippen molar-refractivity contribution in [2.45, 2.75) is 57.9 Å². The van der Waals surface area contributed by atoms with E-state index in [0.29, 0.717) is 23.7 Å². The van der Waals surface area contributed by atoms with Gasteiger partial charge in [0.1, 0.15) is 6.10 Å². The number of carboxylic acid groups (broad SMARTS) is 1. The molecule has 5 nitrogen and oxygen atoms in total. The summed E-state index contributed by atoms with van der Waals surface area (Å²) < 4.78 is 37.9. The van der Waals surface area contributed by atoms with Gasteiger partial charge in [-0.25, -0.2) is 4.79 Å². The van der Waals surface area contributed by atoms with Crippen LogP contribution in [0.5, 0.6) is 0 Å². The maximum absolute atomic E-state index is 15.8. The fourth-order valence-electron chi connectivity index (χ4n) is 3.90. The molecule has 2 rings (SSSR count). The Morgan fingerprint density at radius 1 is 1.03 bits per heavy atom. The molecule has 1 unspecified atom stereocenters. The molecular formula is C25H31F2NO4Si. The number of hydrogen-bond donors (Lipinski definition) is 2. The van der Waals surface area contributed by atoms with Gasteiger partial charge < -0.3 is 15.3 Å². The smallest absolute Gasteiger partial charge is 0.335 e. The van der Waals surface area contributed by atoms with Gasteiger partial charge >= 0.3 is 5.97 Å². The highest BCUT2D eigenvalue weighted by Gasteiger charge is 2.45. The van der Waals surface area contributed by atoms with Crippen LogP contribution in [0.3, 0.4) is 0 Å². The summed E-state index contributed by atoms with van der Waals surface area (Å²) in [6, 6.07) is 13.7. The molecule has 8 heteroatoms. The quantitative estimate of drug-likeness (QED) is 0.374. The van der Waals surface area contributed by atoms with Crippen molar-refractivity contribution in [3.05, 3.63) is 76.9 Å². The average molecular weight is 476 g/mol. The van der Waals surface area contributed by atoms with Gasteiger partial charge in [0, 0.05) is 5.56 Å². The van der Waals surface area contributed by atoms with Crippen LogP contribution >= 0.6 is 0 Å². The number of allylic oxidation sites excluding steroid dienone is 1. The summed E-state index contributed by atoms with van der Waals surface area (Å²) in [6.07, 6.45) is -0.785. The first-order chi connectivity index (χ1) is 15.5. The summed E-state index contributed by atoms with van der Waals surface area (Å²) in [4.78, 5) is 23.0. The monoisotopic (exact) mass is 475 g/mol. The number of primary amides is 1. The molecule has 3 N–H and O–H groups in total. The van der Waals surface area contributed by atoms with Gasteiger partial charge in [-0.2, -0.15) is 8.78 Å². The van der Waals surface area contributed by atoms with Gasteiger partial charge in [0.2, 0.25) is 5.91 Å². The summed E-state index contributed by atoms with van der Waals surface area (Å²) in [5, 5.41) is 9.17. The number of amides is 1. The third-order valence-corrected chi connectivity index (χ3v) is 10.7. The molecule has 0 spiro atoms. The minimum atomic E-state index is -3.43. The molecule has 33 heavy (non-hydrogen) atoms. The van der Waals surface area contributed by atoms with E-state index < -0.39 is 32.2 Å². The number of carboxylic acids is 1. The first-order valence-corrected chi connectivity index (χ1v) is 13.5. The van der Waals surface area contributed by atoms with E-state index in [9.17, 15) is 14.7 Å². The van der Waals surface area contributed by atoms with Gasteiger partial charge in [-0.1, -0.05) is 51.1 Å². The fraction of sp³-hybridized carbons (Fsp3) is 0.360. The average Bonchev–Trinajstić information content (AvgIpc) is 2.80. The van der Waals surface area contributed by atoms with E-state index in [1.807, 2.05) is 20.8 Å². The van der Waals surface area contributed by atoms with Crippen molar-refractivity contribution in [3.8, 4) is 0 Å². The molecule has 0 saturated carbocycles. The maximum Gasteiger partial charge on any atom is 0.335 e. The zero-order chi connectivity index (χ0) is 24.8. The molecule has 0 heterocycles. The minimum Gasteiger partial charge on any atom is -0.478 e. The molecule has 0 aliphatic carbocycles. The highest BCUT2D eigenvalue weighted by Crippen LogP contribution is 2.42. The Balaban J connectivity index is 2.60. The number of aromatic carboxylic acids is 1. The zero-order valence-corrected chi connectivity index (χ0v) is 20.4. The molecule has 0 bridgehead atoms. The van der Waals surface area contributed by atoms with Gasteiger partial charge in [0.05, 0.1) is 5.56 Å². The third kappa shape index (κ3) is 6.14. The van der Waals surface area contributed by atoms with Gasteiger partial charge in [0.15, 0.2) is 8.32 Å². The summed E-state index contributed by atoms with van der Waals surface area (Å²) in [6.45, 7) is 7.36.